The number of hydrogen-bond donors (Lipinski definition) is 3. The van der Waals surface area contributed by atoms with Gasteiger partial charge >= 0.3 is 25.7 Å². The summed E-state index contributed by atoms with van der Waals surface area (Å²) in [6, 6.07) is -1.53. The fourth-order valence-corrected chi connectivity index (χ4v) is 7.30. The summed E-state index contributed by atoms with van der Waals surface area (Å²) in [4.78, 5) is 46.1. The van der Waals surface area contributed by atoms with Crippen LogP contribution in [0.1, 0.15) is 213 Å². The maximum Gasteiger partial charge on any atom is 0.472 e. The highest BCUT2D eigenvalue weighted by Gasteiger charge is 2.28. The van der Waals surface area contributed by atoms with Gasteiger partial charge in [0.25, 0.3) is 0 Å². The van der Waals surface area contributed by atoms with Crippen LogP contribution < -0.4 is 5.73 Å². The van der Waals surface area contributed by atoms with Crippen LogP contribution in [-0.2, 0) is 37.5 Å². The van der Waals surface area contributed by atoms with Gasteiger partial charge in [-0.2, -0.15) is 0 Å². The first kappa shape index (κ1) is 58.4. The van der Waals surface area contributed by atoms with E-state index in [4.69, 9.17) is 24.8 Å². The number of aliphatic carboxylic acids is 1. The van der Waals surface area contributed by atoms with E-state index in [1.807, 2.05) is 0 Å². The minimum atomic E-state index is -4.73. The Kier molecular flexibility index (Phi) is 42.2. The summed E-state index contributed by atoms with van der Waals surface area (Å²) in [5.41, 5.74) is 5.34. The molecule has 1 unspecified atom stereocenters. The predicted molar refractivity (Wildman–Crippen MR) is 249 cm³/mol. The van der Waals surface area contributed by atoms with E-state index in [1.165, 1.54) is 116 Å². The van der Waals surface area contributed by atoms with Crippen molar-refractivity contribution >= 4 is 25.7 Å². The molecular formula is C49H88NO10P. The molecule has 0 radical (unpaired) electrons. The Hall–Kier alpha value is -2.56. The lowest BCUT2D eigenvalue weighted by Gasteiger charge is -2.20. The number of phosphoric ester groups is 1. The largest absolute Gasteiger partial charge is 0.480 e. The van der Waals surface area contributed by atoms with E-state index in [9.17, 15) is 23.8 Å². The van der Waals surface area contributed by atoms with Gasteiger partial charge in [-0.25, -0.2) is 4.57 Å². The number of esters is 2. The normalized spacial score (nSPS) is 14.0. The fourth-order valence-electron chi connectivity index (χ4n) is 6.52. The van der Waals surface area contributed by atoms with E-state index < -0.39 is 51.1 Å². The molecule has 0 amide bonds. The first-order valence-electron chi connectivity index (χ1n) is 24.2. The molecule has 0 fully saturated rings. The molecule has 12 heteroatoms. The Morgan fingerprint density at radius 3 is 1.33 bits per heavy atom. The molecule has 0 heterocycles. The molecule has 0 aromatic carbocycles. The zero-order valence-electron chi connectivity index (χ0n) is 38.5. The molecule has 0 spiro atoms. The summed E-state index contributed by atoms with van der Waals surface area (Å²) in [5.74, 6) is -2.41. The second-order valence-electron chi connectivity index (χ2n) is 16.2. The smallest absolute Gasteiger partial charge is 0.472 e. The van der Waals surface area contributed by atoms with Crippen LogP contribution in [0.15, 0.2) is 48.6 Å². The third-order valence-corrected chi connectivity index (χ3v) is 11.3. The van der Waals surface area contributed by atoms with Crippen LogP contribution in [-0.4, -0.2) is 59.9 Å². The van der Waals surface area contributed by atoms with Gasteiger partial charge in [0, 0.05) is 12.8 Å². The fraction of sp³-hybridized carbons (Fsp3) is 0.776. The Morgan fingerprint density at radius 2 is 0.869 bits per heavy atom. The van der Waals surface area contributed by atoms with Crippen LogP contribution >= 0.6 is 7.82 Å². The van der Waals surface area contributed by atoms with Gasteiger partial charge in [-0.1, -0.05) is 191 Å². The number of nitrogens with two attached hydrogens (primary N) is 1. The Morgan fingerprint density at radius 1 is 0.508 bits per heavy atom. The molecule has 0 saturated heterocycles. The molecule has 4 N–H and O–H groups in total. The number of rotatable bonds is 45. The lowest BCUT2D eigenvalue weighted by atomic mass is 10.0. The van der Waals surface area contributed by atoms with E-state index in [0.717, 1.165) is 57.8 Å². The monoisotopic (exact) mass is 882 g/mol. The summed E-state index contributed by atoms with van der Waals surface area (Å²) in [6.07, 6.45) is 50.3. The number of carbonyl (C=O) groups excluding carboxylic acids is 2. The molecule has 0 rings (SSSR count). The van der Waals surface area contributed by atoms with Crippen molar-refractivity contribution in [1.29, 1.82) is 0 Å². The second kappa shape index (κ2) is 44.1. The number of phosphoric acid groups is 1. The maximum absolute atomic E-state index is 12.7. The summed E-state index contributed by atoms with van der Waals surface area (Å²) < 4.78 is 32.8. The van der Waals surface area contributed by atoms with E-state index in [-0.39, 0.29) is 19.4 Å². The molecule has 0 aliphatic heterocycles. The molecule has 0 bridgehead atoms. The van der Waals surface area contributed by atoms with Crippen molar-refractivity contribution in [2.75, 3.05) is 19.8 Å². The molecule has 3 atom stereocenters. The highest BCUT2D eigenvalue weighted by Crippen LogP contribution is 2.43. The molecule has 0 aliphatic rings. The number of carbonyl (C=O) groups is 3. The highest BCUT2D eigenvalue weighted by atomic mass is 31.2. The highest BCUT2D eigenvalue weighted by molar-refractivity contribution is 7.47. The van der Waals surface area contributed by atoms with Gasteiger partial charge < -0.3 is 25.2 Å². The molecule has 0 aromatic rings. The quantitative estimate of drug-likeness (QED) is 0.0230. The predicted octanol–water partition coefficient (Wildman–Crippen LogP) is 13.3. The van der Waals surface area contributed by atoms with Crippen molar-refractivity contribution in [3.63, 3.8) is 0 Å². The Balaban J connectivity index is 4.35. The average Bonchev–Trinajstić information content (AvgIpc) is 3.24. The number of allylic oxidation sites excluding steroid dienone is 8. The van der Waals surface area contributed by atoms with Crippen LogP contribution in [0.5, 0.6) is 0 Å². The minimum absolute atomic E-state index is 0.156. The Bertz CT molecular complexity index is 1220. The maximum atomic E-state index is 12.7. The van der Waals surface area contributed by atoms with Crippen LogP contribution in [0.2, 0.25) is 0 Å². The third-order valence-electron chi connectivity index (χ3n) is 10.3. The molecule has 354 valence electrons. The van der Waals surface area contributed by atoms with Crippen molar-refractivity contribution in [3.05, 3.63) is 48.6 Å². The lowest BCUT2D eigenvalue weighted by Crippen LogP contribution is -2.34. The number of carboxylic acids is 1. The first-order chi connectivity index (χ1) is 29.6. The molecule has 11 nitrogen and oxygen atoms in total. The van der Waals surface area contributed by atoms with Gasteiger partial charge in [-0.3, -0.25) is 23.4 Å². The first-order valence-corrected chi connectivity index (χ1v) is 25.7. The van der Waals surface area contributed by atoms with E-state index in [2.05, 4.69) is 67.0 Å². The summed E-state index contributed by atoms with van der Waals surface area (Å²) in [6.45, 7) is 2.77. The van der Waals surface area contributed by atoms with Crippen molar-refractivity contribution in [3.8, 4) is 0 Å². The SMILES string of the molecule is CCCCC/C=C/C/C=C/C/C=C/C/C=C/CCCCCC(=O)OC[C@H](COP(=O)(O)OC[C@H](N)C(=O)O)OC(=O)CCCCCCCCCCCCCCCCCCCC. The average molecular weight is 882 g/mol. The summed E-state index contributed by atoms with van der Waals surface area (Å²) in [5, 5.41) is 8.91. The van der Waals surface area contributed by atoms with Crippen LogP contribution in [0.25, 0.3) is 0 Å². The van der Waals surface area contributed by atoms with Gasteiger partial charge in [0.15, 0.2) is 6.10 Å². The summed E-state index contributed by atoms with van der Waals surface area (Å²) in [7, 11) is -4.73. The number of carboxylic acid groups (broad SMARTS) is 1. The number of unbranched alkanes of at least 4 members (excludes halogenated alkanes) is 23. The third kappa shape index (κ3) is 43.9. The number of ether oxygens (including phenoxy) is 2. The van der Waals surface area contributed by atoms with Gasteiger partial charge in [0.05, 0.1) is 13.2 Å². The van der Waals surface area contributed by atoms with Gasteiger partial charge in [0.2, 0.25) is 0 Å². The molecule has 0 saturated carbocycles. The Labute approximate surface area is 371 Å². The van der Waals surface area contributed by atoms with Crippen LogP contribution in [0.3, 0.4) is 0 Å². The van der Waals surface area contributed by atoms with Crippen molar-refractivity contribution in [2.24, 2.45) is 5.73 Å². The summed E-state index contributed by atoms with van der Waals surface area (Å²) >= 11 is 0. The zero-order valence-corrected chi connectivity index (χ0v) is 39.4. The van der Waals surface area contributed by atoms with Crippen LogP contribution in [0.4, 0.5) is 0 Å². The minimum Gasteiger partial charge on any atom is -0.480 e. The van der Waals surface area contributed by atoms with Crippen molar-refractivity contribution in [1.82, 2.24) is 0 Å². The second-order valence-corrected chi connectivity index (χ2v) is 17.7. The van der Waals surface area contributed by atoms with Gasteiger partial charge in [-0.15, -0.1) is 0 Å². The van der Waals surface area contributed by atoms with E-state index >= 15 is 0 Å². The zero-order chi connectivity index (χ0) is 44.9. The van der Waals surface area contributed by atoms with E-state index in [0.29, 0.717) is 12.8 Å². The lowest BCUT2D eigenvalue weighted by molar-refractivity contribution is -0.161. The molecular weight excluding hydrogens is 794 g/mol. The number of hydrogen-bond acceptors (Lipinski definition) is 9. The molecule has 0 aromatic heterocycles. The van der Waals surface area contributed by atoms with Crippen molar-refractivity contribution < 1.29 is 47.5 Å². The molecule has 61 heavy (non-hydrogen) atoms. The topological polar surface area (TPSA) is 172 Å². The van der Waals surface area contributed by atoms with Gasteiger partial charge in [-0.05, 0) is 57.8 Å². The molecule has 0 aliphatic carbocycles. The van der Waals surface area contributed by atoms with Crippen molar-refractivity contribution in [2.45, 2.75) is 225 Å². The van der Waals surface area contributed by atoms with Gasteiger partial charge in [0.1, 0.15) is 12.6 Å². The van der Waals surface area contributed by atoms with Crippen LogP contribution in [0, 0.1) is 0 Å². The van der Waals surface area contributed by atoms with E-state index in [1.54, 1.807) is 0 Å². The standard InChI is InChI=1S/C49H88NO10P/c1-3-5-7-9-11-13-15-17-19-21-23-25-26-28-30-32-34-36-38-40-47(51)57-42-45(43-58-61(55,56)59-44-46(50)49(53)54)60-48(52)41-39-37-35-33-31-29-27-24-22-20-18-16-14-12-10-8-6-4-2/h11,13,17,19,23,25,28,30,45-46H,3-10,12,14-16,18,20-22,24,26-27,29,31-44,50H2,1-2H3,(H,53,54)(H,55,56)/b13-11+,19-17+,25-23+,30-28+/t45-,46+/m1/s1.